The molecular weight excluding hydrogens is 617 g/mol. The van der Waals surface area contributed by atoms with Gasteiger partial charge in [-0.15, -0.1) is 0 Å². The Morgan fingerprint density at radius 3 is 1.70 bits per heavy atom. The van der Waals surface area contributed by atoms with Crippen molar-refractivity contribution in [2.75, 3.05) is 13.1 Å². The van der Waals surface area contributed by atoms with E-state index in [1.807, 2.05) is 43.4 Å². The second kappa shape index (κ2) is 20.3. The van der Waals surface area contributed by atoms with Gasteiger partial charge in [0.1, 0.15) is 11.5 Å². The normalized spacial score (nSPS) is 13.7. The predicted octanol–water partition coefficient (Wildman–Crippen LogP) is 10.7. The third kappa shape index (κ3) is 12.0. The van der Waals surface area contributed by atoms with Crippen LogP contribution < -0.4 is 0 Å². The standard InChI is InChI=1S/C45H64N2O3/c1-11-12-14-17-36(10)40(24-26-46(32(2)3)33(4)5)42-28-37(20-22-44(42)48)30-50-31-38-21-23-45(49)43(29-38)41(39-18-15-13-16-19-39)25-27-47(34(6)7)35(8)9/h11-23,28-29,32-35,40-41,48-49H,10,24-27,30-31H2,1-9H3/b12-11-,17-14-/t40-,41-/m1/s1. The van der Waals surface area contributed by atoms with E-state index in [1.54, 1.807) is 12.1 Å². The molecule has 0 aliphatic carbocycles. The van der Waals surface area contributed by atoms with E-state index in [2.05, 4.69) is 114 Å². The van der Waals surface area contributed by atoms with Crippen LogP contribution in [0.5, 0.6) is 11.5 Å². The summed E-state index contributed by atoms with van der Waals surface area (Å²) in [4.78, 5) is 4.99. The maximum absolute atomic E-state index is 11.1. The van der Waals surface area contributed by atoms with Crippen LogP contribution in [0.25, 0.3) is 0 Å². The SMILES string of the molecule is C=C(/C=C\C=C/C)[C@@H](CCN(C(C)C)C(C)C)c1cc(COCc2ccc(O)c([C@H](CCN(C(C)C)C(C)C)c3ccccc3)c2)ccc1O. The highest BCUT2D eigenvalue weighted by molar-refractivity contribution is 5.45. The van der Waals surface area contributed by atoms with Crippen LogP contribution in [0, 0.1) is 0 Å². The van der Waals surface area contributed by atoms with Crippen molar-refractivity contribution in [3.63, 3.8) is 0 Å². The number of hydrogen-bond donors (Lipinski definition) is 2. The van der Waals surface area contributed by atoms with Crippen molar-refractivity contribution in [2.45, 2.75) is 124 Å². The zero-order chi connectivity index (χ0) is 36.8. The van der Waals surface area contributed by atoms with E-state index in [0.717, 1.165) is 53.8 Å². The number of nitrogens with zero attached hydrogens (tertiary/aromatic N) is 2. The van der Waals surface area contributed by atoms with Gasteiger partial charge in [0.15, 0.2) is 0 Å². The molecule has 0 aromatic heterocycles. The summed E-state index contributed by atoms with van der Waals surface area (Å²) in [6.07, 6.45) is 9.82. The molecule has 0 saturated carbocycles. The Kier molecular flexibility index (Phi) is 16.5. The molecule has 0 aliphatic heterocycles. The van der Waals surface area contributed by atoms with Crippen molar-refractivity contribution in [1.82, 2.24) is 9.80 Å². The largest absolute Gasteiger partial charge is 0.508 e. The minimum atomic E-state index is -0.0339. The second-order valence-corrected chi connectivity index (χ2v) is 14.7. The number of benzene rings is 3. The topological polar surface area (TPSA) is 56.2 Å². The molecule has 0 unspecified atom stereocenters. The maximum atomic E-state index is 11.1. The Morgan fingerprint density at radius 1 is 0.680 bits per heavy atom. The lowest BCUT2D eigenvalue weighted by Gasteiger charge is -2.32. The van der Waals surface area contributed by atoms with Crippen LogP contribution >= 0.6 is 0 Å². The van der Waals surface area contributed by atoms with Crippen LogP contribution in [0.3, 0.4) is 0 Å². The van der Waals surface area contributed by atoms with Gasteiger partial charge in [0, 0.05) is 47.1 Å². The summed E-state index contributed by atoms with van der Waals surface area (Å²) >= 11 is 0. The van der Waals surface area contributed by atoms with Crippen LogP contribution in [0.2, 0.25) is 0 Å². The van der Waals surface area contributed by atoms with Crippen molar-refractivity contribution in [3.8, 4) is 11.5 Å². The van der Waals surface area contributed by atoms with Crippen molar-refractivity contribution < 1.29 is 14.9 Å². The quantitative estimate of drug-likeness (QED) is 0.116. The minimum Gasteiger partial charge on any atom is -0.508 e. The van der Waals surface area contributed by atoms with Gasteiger partial charge in [-0.3, -0.25) is 9.80 Å². The van der Waals surface area contributed by atoms with Gasteiger partial charge in [-0.05, 0) is 135 Å². The molecule has 0 aliphatic rings. The maximum Gasteiger partial charge on any atom is 0.119 e. The van der Waals surface area contributed by atoms with Gasteiger partial charge < -0.3 is 14.9 Å². The second-order valence-electron chi connectivity index (χ2n) is 14.7. The molecule has 272 valence electrons. The number of aromatic hydroxyl groups is 2. The average Bonchev–Trinajstić information content (AvgIpc) is 3.06. The molecular formula is C45H64N2O3. The van der Waals surface area contributed by atoms with Crippen LogP contribution in [-0.4, -0.2) is 57.3 Å². The lowest BCUT2D eigenvalue weighted by molar-refractivity contribution is 0.107. The van der Waals surface area contributed by atoms with E-state index in [4.69, 9.17) is 4.74 Å². The summed E-state index contributed by atoms with van der Waals surface area (Å²) in [5, 5.41) is 22.2. The number of phenols is 2. The molecule has 0 radical (unpaired) electrons. The van der Waals surface area contributed by atoms with E-state index < -0.39 is 0 Å². The molecule has 0 fully saturated rings. The number of rotatable bonds is 20. The van der Waals surface area contributed by atoms with Crippen LogP contribution in [0.4, 0.5) is 0 Å². The van der Waals surface area contributed by atoms with Crippen molar-refractivity contribution in [3.05, 3.63) is 131 Å². The molecule has 5 nitrogen and oxygen atoms in total. The van der Waals surface area contributed by atoms with E-state index in [1.165, 1.54) is 5.56 Å². The highest BCUT2D eigenvalue weighted by atomic mass is 16.5. The van der Waals surface area contributed by atoms with Crippen molar-refractivity contribution in [1.29, 1.82) is 0 Å². The van der Waals surface area contributed by atoms with Crippen LogP contribution in [-0.2, 0) is 18.0 Å². The van der Waals surface area contributed by atoms with E-state index >= 15 is 0 Å². The molecule has 50 heavy (non-hydrogen) atoms. The molecule has 3 rings (SSSR count). The molecule has 0 spiro atoms. The van der Waals surface area contributed by atoms with Gasteiger partial charge in [-0.2, -0.15) is 0 Å². The molecule has 0 heterocycles. The van der Waals surface area contributed by atoms with Gasteiger partial charge in [-0.25, -0.2) is 0 Å². The smallest absolute Gasteiger partial charge is 0.119 e. The molecule has 0 bridgehead atoms. The zero-order valence-electron chi connectivity index (χ0n) is 32.3. The number of phenolic OH excluding ortho intramolecular Hbond substituents is 2. The fraction of sp³-hybridized carbons (Fsp3) is 0.467. The first-order valence-electron chi connectivity index (χ1n) is 18.6. The Bertz CT molecular complexity index is 1510. The molecule has 0 saturated heterocycles. The first-order valence-corrected chi connectivity index (χ1v) is 18.6. The van der Waals surface area contributed by atoms with Crippen LogP contribution in [0.1, 0.15) is 115 Å². The third-order valence-electron chi connectivity index (χ3n) is 9.74. The average molecular weight is 681 g/mol. The minimum absolute atomic E-state index is 0.0339. The van der Waals surface area contributed by atoms with Gasteiger partial charge >= 0.3 is 0 Å². The molecule has 0 amide bonds. The summed E-state index contributed by atoms with van der Waals surface area (Å²) in [6, 6.07) is 23.9. The summed E-state index contributed by atoms with van der Waals surface area (Å²) in [6.45, 7) is 27.0. The summed E-state index contributed by atoms with van der Waals surface area (Å²) in [5.74, 6) is 0.622. The van der Waals surface area contributed by atoms with Crippen LogP contribution in [0.15, 0.2) is 103 Å². The molecule has 3 aromatic carbocycles. The number of allylic oxidation sites excluding steroid dienone is 5. The van der Waals surface area contributed by atoms with Crippen molar-refractivity contribution >= 4 is 0 Å². The van der Waals surface area contributed by atoms with Gasteiger partial charge in [0.2, 0.25) is 0 Å². The lowest BCUT2D eigenvalue weighted by Crippen LogP contribution is -2.38. The Morgan fingerprint density at radius 2 is 1.18 bits per heavy atom. The first-order chi connectivity index (χ1) is 23.8. The number of ether oxygens (including phenoxy) is 1. The molecule has 2 N–H and O–H groups in total. The first kappa shape index (κ1) is 40.8. The molecule has 3 aromatic rings. The monoisotopic (exact) mass is 680 g/mol. The summed E-state index contributed by atoms with van der Waals surface area (Å²) in [5.41, 5.74) is 6.00. The Balaban J connectivity index is 1.82. The Hall–Kier alpha value is -3.64. The summed E-state index contributed by atoms with van der Waals surface area (Å²) in [7, 11) is 0. The van der Waals surface area contributed by atoms with Crippen molar-refractivity contribution in [2.24, 2.45) is 0 Å². The molecule has 5 heteroatoms. The van der Waals surface area contributed by atoms with E-state index in [0.29, 0.717) is 43.1 Å². The molecule has 2 atom stereocenters. The predicted molar refractivity (Wildman–Crippen MR) is 212 cm³/mol. The fourth-order valence-corrected chi connectivity index (χ4v) is 7.15. The van der Waals surface area contributed by atoms with E-state index in [-0.39, 0.29) is 17.6 Å². The van der Waals surface area contributed by atoms with Gasteiger partial charge in [0.25, 0.3) is 0 Å². The Labute approximate surface area is 304 Å². The zero-order valence-corrected chi connectivity index (χ0v) is 32.3. The van der Waals surface area contributed by atoms with E-state index in [9.17, 15) is 10.2 Å². The summed E-state index contributed by atoms with van der Waals surface area (Å²) < 4.78 is 6.30. The highest BCUT2D eigenvalue weighted by Crippen LogP contribution is 2.37. The van der Waals surface area contributed by atoms with Gasteiger partial charge in [0.05, 0.1) is 13.2 Å². The highest BCUT2D eigenvalue weighted by Gasteiger charge is 2.23. The number of hydrogen-bond acceptors (Lipinski definition) is 5. The lowest BCUT2D eigenvalue weighted by atomic mass is 9.86. The third-order valence-corrected chi connectivity index (χ3v) is 9.74. The fourth-order valence-electron chi connectivity index (χ4n) is 7.15. The van der Waals surface area contributed by atoms with Gasteiger partial charge in [-0.1, -0.05) is 73.3 Å².